The second-order valence-electron chi connectivity index (χ2n) is 5.65. The van der Waals surface area contributed by atoms with Crippen LogP contribution in [0.25, 0.3) is 0 Å². The fraction of sp³-hybridized carbons (Fsp3) is 0.562. The molecule has 0 N–H and O–H groups in total. The van der Waals surface area contributed by atoms with Crippen LogP contribution in [0.4, 0.5) is 0 Å². The third kappa shape index (κ3) is 3.54. The van der Waals surface area contributed by atoms with Crippen molar-refractivity contribution in [3.63, 3.8) is 0 Å². The molecule has 0 bridgehead atoms. The first kappa shape index (κ1) is 15.4. The second kappa shape index (κ2) is 6.61. The summed E-state index contributed by atoms with van der Waals surface area (Å²) in [4.78, 5) is 14.3. The van der Waals surface area contributed by atoms with Crippen molar-refractivity contribution >= 4 is 21.8 Å². The van der Waals surface area contributed by atoms with Gasteiger partial charge in [0.05, 0.1) is 4.47 Å². The van der Waals surface area contributed by atoms with E-state index in [1.54, 1.807) is 0 Å². The average molecular weight is 340 g/mol. The van der Waals surface area contributed by atoms with Crippen molar-refractivity contribution in [1.29, 1.82) is 0 Å². The zero-order valence-corrected chi connectivity index (χ0v) is 13.9. The van der Waals surface area contributed by atoms with Gasteiger partial charge in [-0.2, -0.15) is 0 Å². The second-order valence-corrected chi connectivity index (χ2v) is 6.51. The van der Waals surface area contributed by atoms with Gasteiger partial charge in [0.25, 0.3) is 5.91 Å². The first-order valence-electron chi connectivity index (χ1n) is 7.19. The Balaban J connectivity index is 1.97. The maximum Gasteiger partial charge on any atom is 0.260 e. The predicted molar refractivity (Wildman–Crippen MR) is 84.0 cm³/mol. The summed E-state index contributed by atoms with van der Waals surface area (Å²) in [5.74, 6) is 0.804. The molecule has 2 rings (SSSR count). The van der Waals surface area contributed by atoms with Crippen LogP contribution in [0.3, 0.4) is 0 Å². The van der Waals surface area contributed by atoms with Crippen LogP contribution in [0, 0.1) is 6.92 Å². The number of likely N-dealkylation sites (tertiary alicyclic amines) is 1. The smallest absolute Gasteiger partial charge is 0.260 e. The number of hydrogen-bond donors (Lipinski definition) is 0. The predicted octanol–water partition coefficient (Wildman–Crippen LogP) is 3.93. The molecule has 1 aromatic rings. The van der Waals surface area contributed by atoms with E-state index in [9.17, 15) is 4.79 Å². The summed E-state index contributed by atoms with van der Waals surface area (Å²) in [7, 11) is 0. The van der Waals surface area contributed by atoms with Crippen LogP contribution in [0.15, 0.2) is 22.7 Å². The first-order valence-corrected chi connectivity index (χ1v) is 7.98. The van der Waals surface area contributed by atoms with Crippen LogP contribution >= 0.6 is 15.9 Å². The van der Waals surface area contributed by atoms with Gasteiger partial charge in [-0.15, -0.1) is 0 Å². The normalized spacial score (nSPS) is 22.7. The summed E-state index contributed by atoms with van der Waals surface area (Å²) >= 11 is 3.47. The Morgan fingerprint density at radius 2 is 2.00 bits per heavy atom. The number of nitrogens with zero attached hydrogens (tertiary/aromatic N) is 1. The van der Waals surface area contributed by atoms with Crippen molar-refractivity contribution in [2.45, 2.75) is 52.1 Å². The molecular weight excluding hydrogens is 318 g/mol. The zero-order valence-electron chi connectivity index (χ0n) is 12.4. The van der Waals surface area contributed by atoms with Crippen molar-refractivity contribution in [1.82, 2.24) is 4.90 Å². The van der Waals surface area contributed by atoms with Gasteiger partial charge < -0.3 is 9.64 Å². The Labute approximate surface area is 129 Å². The van der Waals surface area contributed by atoms with Crippen molar-refractivity contribution in [2.24, 2.45) is 0 Å². The number of piperidine rings is 1. The molecule has 1 aromatic carbocycles. The van der Waals surface area contributed by atoms with Gasteiger partial charge in [0.15, 0.2) is 6.61 Å². The summed E-state index contributed by atoms with van der Waals surface area (Å²) in [6.07, 6.45) is 3.38. The highest BCUT2D eigenvalue weighted by Gasteiger charge is 2.29. The molecule has 1 saturated heterocycles. The Hall–Kier alpha value is -1.03. The minimum atomic E-state index is 0.0807. The van der Waals surface area contributed by atoms with Crippen LogP contribution in [0.5, 0.6) is 5.75 Å². The molecular formula is C16H22BrNO2. The van der Waals surface area contributed by atoms with Gasteiger partial charge in [0.1, 0.15) is 5.75 Å². The number of aryl methyl sites for hydroxylation is 1. The number of rotatable bonds is 3. The van der Waals surface area contributed by atoms with Crippen molar-refractivity contribution in [3.05, 3.63) is 28.2 Å². The number of amides is 1. The first-order chi connectivity index (χ1) is 9.49. The Bertz CT molecular complexity index is 479. The van der Waals surface area contributed by atoms with Gasteiger partial charge in [-0.3, -0.25) is 4.79 Å². The largest absolute Gasteiger partial charge is 0.483 e. The number of carbonyl (C=O) groups is 1. The maximum atomic E-state index is 12.4. The van der Waals surface area contributed by atoms with E-state index in [4.69, 9.17) is 4.74 Å². The number of hydrogen-bond acceptors (Lipinski definition) is 2. The molecule has 1 aliphatic rings. The minimum absolute atomic E-state index is 0.0807. The molecule has 20 heavy (non-hydrogen) atoms. The highest BCUT2D eigenvalue weighted by Crippen LogP contribution is 2.27. The molecule has 3 nitrogen and oxygen atoms in total. The summed E-state index contributed by atoms with van der Waals surface area (Å²) < 4.78 is 6.56. The molecule has 1 fully saturated rings. The molecule has 110 valence electrons. The topological polar surface area (TPSA) is 29.5 Å². The third-order valence-electron chi connectivity index (χ3n) is 3.92. The van der Waals surface area contributed by atoms with Crippen molar-refractivity contribution in [2.75, 3.05) is 6.61 Å². The standard InChI is InChI=1S/C16H22BrNO2/c1-11-7-8-15(14(17)9-11)20-10-16(19)18-12(2)5-4-6-13(18)3/h7-9,12-13H,4-6,10H2,1-3H3/t12-,13-/m0/s1. The number of halogens is 1. The summed E-state index contributed by atoms with van der Waals surface area (Å²) in [6.45, 7) is 6.37. The molecule has 1 aliphatic heterocycles. The highest BCUT2D eigenvalue weighted by molar-refractivity contribution is 9.10. The minimum Gasteiger partial charge on any atom is -0.483 e. The molecule has 4 heteroatoms. The average Bonchev–Trinajstić information content (AvgIpc) is 2.37. The SMILES string of the molecule is Cc1ccc(OCC(=O)N2[C@@H](C)CCC[C@@H]2C)c(Br)c1. The molecule has 0 spiro atoms. The van der Waals surface area contributed by atoms with E-state index in [2.05, 4.69) is 29.8 Å². The Morgan fingerprint density at radius 1 is 1.35 bits per heavy atom. The quantitative estimate of drug-likeness (QED) is 0.835. The molecule has 1 heterocycles. The van der Waals surface area contributed by atoms with Gasteiger partial charge in [-0.1, -0.05) is 6.07 Å². The van der Waals surface area contributed by atoms with E-state index in [-0.39, 0.29) is 12.5 Å². The number of benzene rings is 1. The Kier molecular flexibility index (Phi) is 5.08. The lowest BCUT2D eigenvalue weighted by Crippen LogP contribution is -2.49. The molecule has 0 saturated carbocycles. The van der Waals surface area contributed by atoms with Crippen LogP contribution in [-0.4, -0.2) is 29.5 Å². The van der Waals surface area contributed by atoms with Gasteiger partial charge in [-0.05, 0) is 73.7 Å². The van der Waals surface area contributed by atoms with E-state index >= 15 is 0 Å². The maximum absolute atomic E-state index is 12.4. The van der Waals surface area contributed by atoms with Crippen LogP contribution in [0.1, 0.15) is 38.7 Å². The molecule has 1 amide bonds. The molecule has 0 aliphatic carbocycles. The van der Waals surface area contributed by atoms with Crippen LogP contribution in [-0.2, 0) is 4.79 Å². The Morgan fingerprint density at radius 3 is 2.60 bits per heavy atom. The lowest BCUT2D eigenvalue weighted by Gasteiger charge is -2.39. The van der Waals surface area contributed by atoms with Crippen LogP contribution in [0.2, 0.25) is 0 Å². The molecule has 0 unspecified atom stereocenters. The number of carbonyl (C=O) groups excluding carboxylic acids is 1. The number of ether oxygens (including phenoxy) is 1. The summed E-state index contributed by atoms with van der Waals surface area (Å²) in [6, 6.07) is 6.51. The van der Waals surface area contributed by atoms with E-state index in [1.807, 2.05) is 30.0 Å². The molecule has 2 atom stereocenters. The fourth-order valence-corrected chi connectivity index (χ4v) is 3.46. The van der Waals surface area contributed by atoms with E-state index in [0.717, 1.165) is 28.6 Å². The summed E-state index contributed by atoms with van der Waals surface area (Å²) in [5, 5.41) is 0. The van der Waals surface area contributed by atoms with E-state index < -0.39 is 0 Å². The van der Waals surface area contributed by atoms with E-state index in [1.165, 1.54) is 6.42 Å². The van der Waals surface area contributed by atoms with Gasteiger partial charge in [0, 0.05) is 12.1 Å². The van der Waals surface area contributed by atoms with Crippen LogP contribution < -0.4 is 4.74 Å². The lowest BCUT2D eigenvalue weighted by atomic mass is 9.97. The van der Waals surface area contributed by atoms with E-state index in [0.29, 0.717) is 12.1 Å². The monoisotopic (exact) mass is 339 g/mol. The van der Waals surface area contributed by atoms with Gasteiger partial charge in [-0.25, -0.2) is 0 Å². The summed E-state index contributed by atoms with van der Waals surface area (Å²) in [5.41, 5.74) is 1.16. The fourth-order valence-electron chi connectivity index (χ4n) is 2.85. The van der Waals surface area contributed by atoms with Gasteiger partial charge in [0.2, 0.25) is 0 Å². The highest BCUT2D eigenvalue weighted by atomic mass is 79.9. The van der Waals surface area contributed by atoms with Crippen molar-refractivity contribution < 1.29 is 9.53 Å². The lowest BCUT2D eigenvalue weighted by molar-refractivity contribution is -0.139. The molecule has 0 aromatic heterocycles. The van der Waals surface area contributed by atoms with Crippen molar-refractivity contribution in [3.8, 4) is 5.75 Å². The van der Waals surface area contributed by atoms with Gasteiger partial charge >= 0.3 is 0 Å². The third-order valence-corrected chi connectivity index (χ3v) is 4.54. The molecule has 0 radical (unpaired) electrons. The zero-order chi connectivity index (χ0) is 14.7.